The molecule has 2 aromatic heterocycles. The van der Waals surface area contributed by atoms with E-state index in [0.717, 1.165) is 12.1 Å². The van der Waals surface area contributed by atoms with Crippen LogP contribution in [0, 0.1) is 15.9 Å². The second-order valence-electron chi connectivity index (χ2n) is 4.85. The Bertz CT molecular complexity index is 999. The fourth-order valence-electron chi connectivity index (χ4n) is 2.44. The summed E-state index contributed by atoms with van der Waals surface area (Å²) in [6.45, 7) is 0. The maximum Gasteiger partial charge on any atom is 0.275 e. The Hall–Kier alpha value is -1.88. The van der Waals surface area contributed by atoms with Crippen LogP contribution in [-0.4, -0.2) is 13.5 Å². The van der Waals surface area contributed by atoms with Crippen LogP contribution in [0.25, 0.3) is 22.0 Å². The molecule has 0 aliphatic heterocycles. The monoisotopic (exact) mass is 445 g/mol. The number of hydrogen-bond donors (Lipinski definition) is 0. The van der Waals surface area contributed by atoms with Crippen LogP contribution in [0.1, 0.15) is 0 Å². The van der Waals surface area contributed by atoms with Gasteiger partial charge in [-0.1, -0.05) is 0 Å². The van der Waals surface area contributed by atoms with Gasteiger partial charge in [0, 0.05) is 78.4 Å². The molecule has 0 fully saturated rings. The quantitative estimate of drug-likeness (QED) is 0.349. The minimum Gasteiger partial charge on any atom is -0.316 e. The zero-order valence-corrected chi connectivity index (χ0v) is 14.7. The number of rotatable bonds is 3. The molecule has 0 bridgehead atoms. The van der Waals surface area contributed by atoms with Gasteiger partial charge < -0.3 is 4.57 Å². The lowest BCUT2D eigenvalue weighted by Gasteiger charge is -2.09. The van der Waals surface area contributed by atoms with E-state index in [-0.39, 0.29) is 16.8 Å². The summed E-state index contributed by atoms with van der Waals surface area (Å²) in [5.41, 5.74) is 0.522. The van der Waals surface area contributed by atoms with Gasteiger partial charge in [0.05, 0.1) is 4.92 Å². The van der Waals surface area contributed by atoms with E-state index < -0.39 is 10.7 Å². The van der Waals surface area contributed by atoms with Gasteiger partial charge in [-0.2, -0.15) is 0 Å². The lowest BCUT2D eigenvalue weighted by molar-refractivity contribution is -0.384. The van der Waals surface area contributed by atoms with E-state index in [1.54, 1.807) is 23.3 Å². The number of benzene rings is 1. The number of fused-ring (bicyclic) bond motifs is 1. The number of hydrogen-bond acceptors (Lipinski definition) is 4. The number of non-ortho nitro benzene ring substituents is 1. The van der Waals surface area contributed by atoms with E-state index in [1.165, 1.54) is 25.9 Å². The predicted molar refractivity (Wildman–Crippen MR) is 96.2 cm³/mol. The van der Waals surface area contributed by atoms with Crippen LogP contribution < -0.4 is 5.56 Å². The van der Waals surface area contributed by atoms with Gasteiger partial charge in [0.2, 0.25) is 0 Å². The molecular weight excluding hydrogens is 436 g/mol. The molecule has 0 amide bonds. The van der Waals surface area contributed by atoms with Crippen LogP contribution in [0.4, 0.5) is 10.1 Å². The first-order chi connectivity index (χ1) is 10.9. The molecule has 3 rings (SSSR count). The highest BCUT2D eigenvalue weighted by Gasteiger charge is 2.18. The van der Waals surface area contributed by atoms with Gasteiger partial charge in [0.25, 0.3) is 11.2 Å². The predicted octanol–water partition coefficient (Wildman–Crippen LogP) is 3.90. The Morgan fingerprint density at radius 3 is 2.70 bits per heavy atom. The molecule has 0 N–H and O–H groups in total. The molecular formula is C14H9FIN3O3S. The van der Waals surface area contributed by atoms with Crippen LogP contribution in [0.15, 0.2) is 41.5 Å². The van der Waals surface area contributed by atoms with Crippen molar-refractivity contribution in [1.29, 1.82) is 0 Å². The Morgan fingerprint density at radius 2 is 2.04 bits per heavy atom. The Labute approximate surface area is 145 Å². The fourth-order valence-corrected chi connectivity index (χ4v) is 3.77. The van der Waals surface area contributed by atoms with Gasteiger partial charge in [0.15, 0.2) is 0 Å². The zero-order valence-electron chi connectivity index (χ0n) is 11.7. The van der Waals surface area contributed by atoms with Crippen molar-refractivity contribution in [2.75, 3.05) is 0 Å². The SMILES string of the molecule is Cn1cc(-c2cc([N+](=O)[O-])ccc2F)c2ccn(SI)c2c1=O. The number of halogens is 2. The van der Waals surface area contributed by atoms with Crippen molar-refractivity contribution in [1.82, 2.24) is 8.54 Å². The van der Waals surface area contributed by atoms with Crippen molar-refractivity contribution in [3.63, 3.8) is 0 Å². The van der Waals surface area contributed by atoms with Crippen LogP contribution in [0.3, 0.4) is 0 Å². The maximum atomic E-state index is 14.2. The lowest BCUT2D eigenvalue weighted by Crippen LogP contribution is -2.18. The normalized spacial score (nSPS) is 11.1. The Kier molecular flexibility index (Phi) is 4.15. The van der Waals surface area contributed by atoms with Gasteiger partial charge in [-0.25, -0.2) is 4.39 Å². The highest BCUT2D eigenvalue weighted by atomic mass is 127. The number of aromatic nitrogens is 2. The van der Waals surface area contributed by atoms with Gasteiger partial charge >= 0.3 is 0 Å². The summed E-state index contributed by atoms with van der Waals surface area (Å²) in [5.74, 6) is -0.578. The largest absolute Gasteiger partial charge is 0.316 e. The Morgan fingerprint density at radius 1 is 1.30 bits per heavy atom. The number of nitrogens with zero attached hydrogens (tertiary/aromatic N) is 3. The zero-order chi connectivity index (χ0) is 16.7. The molecule has 0 unspecified atom stereocenters. The molecule has 9 heteroatoms. The second kappa shape index (κ2) is 5.96. The van der Waals surface area contributed by atoms with Crippen molar-refractivity contribution in [2.45, 2.75) is 0 Å². The highest BCUT2D eigenvalue weighted by molar-refractivity contribution is 14.2. The van der Waals surface area contributed by atoms with Gasteiger partial charge in [0.1, 0.15) is 11.3 Å². The molecule has 0 atom stereocenters. The Balaban J connectivity index is 2.40. The average molecular weight is 445 g/mol. The van der Waals surface area contributed by atoms with E-state index >= 15 is 0 Å². The number of nitro benzene ring substituents is 1. The molecule has 0 aliphatic carbocycles. The molecule has 2 heterocycles. The van der Waals surface area contributed by atoms with Gasteiger partial charge in [-0.15, -0.1) is 0 Å². The van der Waals surface area contributed by atoms with E-state index in [1.807, 2.05) is 21.2 Å². The number of aryl methyl sites for hydroxylation is 1. The van der Waals surface area contributed by atoms with Crippen molar-refractivity contribution in [2.24, 2.45) is 7.05 Å². The topological polar surface area (TPSA) is 70.1 Å². The molecule has 23 heavy (non-hydrogen) atoms. The smallest absolute Gasteiger partial charge is 0.275 e. The van der Waals surface area contributed by atoms with Crippen LogP contribution in [-0.2, 0) is 7.05 Å². The third-order valence-corrected chi connectivity index (χ3v) is 5.24. The van der Waals surface area contributed by atoms with Crippen molar-refractivity contribution < 1.29 is 9.31 Å². The molecule has 118 valence electrons. The lowest BCUT2D eigenvalue weighted by atomic mass is 10.0. The molecule has 0 saturated heterocycles. The summed E-state index contributed by atoms with van der Waals surface area (Å²) in [5, 5.41) is 11.5. The standard InChI is InChI=1S/C14H9FIN3O3S/c1-17-7-11(9-4-5-18(23-16)13(9)14(17)20)10-6-8(19(21)22)2-3-12(10)15/h2-7H,1H3. The minimum absolute atomic E-state index is 0.0935. The van der Waals surface area contributed by atoms with E-state index in [0.29, 0.717) is 16.5 Å². The van der Waals surface area contributed by atoms with Crippen molar-refractivity contribution in [3.05, 3.63) is 62.9 Å². The third kappa shape index (κ3) is 2.63. The summed E-state index contributed by atoms with van der Waals surface area (Å²) >= 11 is 2.04. The molecule has 0 spiro atoms. The maximum absolute atomic E-state index is 14.2. The summed E-state index contributed by atoms with van der Waals surface area (Å²) in [6.07, 6.45) is 3.21. The number of nitro groups is 1. The highest BCUT2D eigenvalue weighted by Crippen LogP contribution is 2.33. The average Bonchev–Trinajstić information content (AvgIpc) is 2.95. The molecule has 6 nitrogen and oxygen atoms in total. The second-order valence-corrected chi connectivity index (χ2v) is 6.57. The molecule has 3 aromatic rings. The summed E-state index contributed by atoms with van der Waals surface area (Å²) in [7, 11) is 2.88. The molecule has 0 saturated carbocycles. The minimum atomic E-state index is -0.578. The van der Waals surface area contributed by atoms with Gasteiger partial charge in [-0.05, 0) is 12.1 Å². The first-order valence-electron chi connectivity index (χ1n) is 6.38. The van der Waals surface area contributed by atoms with E-state index in [9.17, 15) is 19.3 Å². The third-order valence-electron chi connectivity index (χ3n) is 3.51. The summed E-state index contributed by atoms with van der Waals surface area (Å²) < 4.78 is 17.3. The number of pyridine rings is 1. The molecule has 0 aliphatic rings. The van der Waals surface area contributed by atoms with Crippen LogP contribution in [0.5, 0.6) is 0 Å². The van der Waals surface area contributed by atoms with Crippen molar-refractivity contribution >= 4 is 46.9 Å². The summed E-state index contributed by atoms with van der Waals surface area (Å²) in [6, 6.07) is 5.07. The summed E-state index contributed by atoms with van der Waals surface area (Å²) in [4.78, 5) is 22.7. The van der Waals surface area contributed by atoms with Crippen LogP contribution in [0.2, 0.25) is 0 Å². The fraction of sp³-hybridized carbons (Fsp3) is 0.0714. The van der Waals surface area contributed by atoms with Gasteiger partial charge in [-0.3, -0.25) is 18.9 Å². The van der Waals surface area contributed by atoms with E-state index in [2.05, 4.69) is 0 Å². The molecule has 0 radical (unpaired) electrons. The van der Waals surface area contributed by atoms with E-state index in [4.69, 9.17) is 0 Å². The first-order valence-corrected chi connectivity index (χ1v) is 9.69. The van der Waals surface area contributed by atoms with Crippen LogP contribution >= 0.6 is 30.3 Å². The van der Waals surface area contributed by atoms with Crippen molar-refractivity contribution in [3.8, 4) is 11.1 Å². The first kappa shape index (κ1) is 16.0. The molecule has 1 aromatic carbocycles.